The number of ether oxygens (including phenoxy) is 1. The van der Waals surface area contributed by atoms with E-state index in [4.69, 9.17) is 4.74 Å². The standard InChI is InChI=1S/C17H18N2O5S/c1-12(7-8-13-5-3-2-4-6-13)18-15(20)11-24-17(21)14-9-10-16(25-14)19(22)23/h2-6,9-10,12H,7-8,11H2,1H3,(H,18,20)/t12-/m1/s1. The van der Waals surface area contributed by atoms with Crippen molar-refractivity contribution in [3.63, 3.8) is 0 Å². The highest BCUT2D eigenvalue weighted by Crippen LogP contribution is 2.24. The molecule has 25 heavy (non-hydrogen) atoms. The molecule has 0 aliphatic carbocycles. The molecule has 0 saturated carbocycles. The molecule has 2 aromatic rings. The molecule has 1 aromatic heterocycles. The molecule has 0 bridgehead atoms. The summed E-state index contributed by atoms with van der Waals surface area (Å²) in [7, 11) is 0. The van der Waals surface area contributed by atoms with Gasteiger partial charge in [-0.1, -0.05) is 41.7 Å². The molecule has 1 N–H and O–H groups in total. The van der Waals surface area contributed by atoms with Crippen molar-refractivity contribution in [2.75, 3.05) is 6.61 Å². The predicted molar refractivity (Wildman–Crippen MR) is 93.6 cm³/mol. The molecule has 0 aliphatic rings. The summed E-state index contributed by atoms with van der Waals surface area (Å²) in [6.45, 7) is 1.46. The van der Waals surface area contributed by atoms with Crippen LogP contribution in [0.4, 0.5) is 5.00 Å². The van der Waals surface area contributed by atoms with Crippen LogP contribution < -0.4 is 5.32 Å². The maximum absolute atomic E-state index is 11.8. The molecule has 0 radical (unpaired) electrons. The van der Waals surface area contributed by atoms with E-state index in [1.807, 2.05) is 37.3 Å². The normalized spacial score (nSPS) is 11.6. The molecule has 132 valence electrons. The number of nitrogens with zero attached hydrogens (tertiary/aromatic N) is 1. The van der Waals surface area contributed by atoms with Crippen LogP contribution in [0.25, 0.3) is 0 Å². The summed E-state index contributed by atoms with van der Waals surface area (Å²) >= 11 is 0.715. The van der Waals surface area contributed by atoms with Crippen LogP contribution in [-0.2, 0) is 16.0 Å². The molecule has 0 saturated heterocycles. The number of carbonyl (C=O) groups is 2. The van der Waals surface area contributed by atoms with Crippen molar-refractivity contribution in [2.24, 2.45) is 0 Å². The van der Waals surface area contributed by atoms with Gasteiger partial charge in [0.25, 0.3) is 5.91 Å². The summed E-state index contributed by atoms with van der Waals surface area (Å²) < 4.78 is 4.88. The van der Waals surface area contributed by atoms with Gasteiger partial charge in [-0.15, -0.1) is 0 Å². The molecule has 0 spiro atoms. The summed E-state index contributed by atoms with van der Waals surface area (Å²) in [6, 6.07) is 12.4. The van der Waals surface area contributed by atoms with Crippen LogP contribution in [0.2, 0.25) is 0 Å². The lowest BCUT2D eigenvalue weighted by Crippen LogP contribution is -2.36. The molecule has 0 fully saturated rings. The van der Waals surface area contributed by atoms with Gasteiger partial charge in [0.2, 0.25) is 0 Å². The molecule has 1 atom stereocenters. The number of hydrogen-bond acceptors (Lipinski definition) is 6. The van der Waals surface area contributed by atoms with Crippen LogP contribution >= 0.6 is 11.3 Å². The minimum atomic E-state index is -0.745. The Balaban J connectivity index is 1.72. The van der Waals surface area contributed by atoms with E-state index < -0.39 is 23.4 Å². The molecule has 1 aromatic carbocycles. The van der Waals surface area contributed by atoms with E-state index in [9.17, 15) is 19.7 Å². The van der Waals surface area contributed by atoms with Gasteiger partial charge in [0.15, 0.2) is 6.61 Å². The van der Waals surface area contributed by atoms with Gasteiger partial charge in [0.1, 0.15) is 4.88 Å². The maximum atomic E-state index is 11.8. The number of thiophene rings is 1. The fourth-order valence-electron chi connectivity index (χ4n) is 2.15. The van der Waals surface area contributed by atoms with Gasteiger partial charge in [0, 0.05) is 12.1 Å². The van der Waals surface area contributed by atoms with Crippen molar-refractivity contribution < 1.29 is 19.2 Å². The van der Waals surface area contributed by atoms with Crippen LogP contribution in [0.5, 0.6) is 0 Å². The van der Waals surface area contributed by atoms with Crippen molar-refractivity contribution in [2.45, 2.75) is 25.8 Å². The van der Waals surface area contributed by atoms with Crippen molar-refractivity contribution in [1.82, 2.24) is 5.32 Å². The SMILES string of the molecule is C[C@H](CCc1ccccc1)NC(=O)COC(=O)c1ccc([N+](=O)[O-])s1. The summed E-state index contributed by atoms with van der Waals surface area (Å²) in [5, 5.41) is 13.2. The highest BCUT2D eigenvalue weighted by Gasteiger charge is 2.17. The minimum Gasteiger partial charge on any atom is -0.451 e. The van der Waals surface area contributed by atoms with Crippen molar-refractivity contribution >= 4 is 28.2 Å². The Morgan fingerprint density at radius 1 is 1.24 bits per heavy atom. The monoisotopic (exact) mass is 362 g/mol. The van der Waals surface area contributed by atoms with E-state index in [-0.39, 0.29) is 15.9 Å². The zero-order valence-electron chi connectivity index (χ0n) is 13.6. The lowest BCUT2D eigenvalue weighted by molar-refractivity contribution is -0.380. The Morgan fingerprint density at radius 2 is 1.96 bits per heavy atom. The first-order chi connectivity index (χ1) is 12.0. The molecule has 1 amide bonds. The van der Waals surface area contributed by atoms with E-state index in [2.05, 4.69) is 5.32 Å². The third-order valence-electron chi connectivity index (χ3n) is 3.42. The van der Waals surface area contributed by atoms with Crippen molar-refractivity contribution in [3.8, 4) is 0 Å². The Bertz CT molecular complexity index is 745. The maximum Gasteiger partial charge on any atom is 0.349 e. The second-order valence-corrected chi connectivity index (χ2v) is 6.53. The van der Waals surface area contributed by atoms with Gasteiger partial charge < -0.3 is 10.1 Å². The highest BCUT2D eigenvalue weighted by atomic mass is 32.1. The summed E-state index contributed by atoms with van der Waals surface area (Å²) in [5.74, 6) is -1.15. The van der Waals surface area contributed by atoms with Gasteiger partial charge in [-0.25, -0.2) is 4.79 Å². The molecule has 2 rings (SSSR count). The number of nitrogens with one attached hydrogen (secondary N) is 1. The summed E-state index contributed by atoms with van der Waals surface area (Å²) in [4.78, 5) is 33.7. The Morgan fingerprint density at radius 3 is 2.60 bits per heavy atom. The number of nitro groups is 1. The van der Waals surface area contributed by atoms with E-state index in [0.717, 1.165) is 12.8 Å². The largest absolute Gasteiger partial charge is 0.451 e. The van der Waals surface area contributed by atoms with Crippen LogP contribution in [0.3, 0.4) is 0 Å². The Labute approximate surface area is 148 Å². The molecule has 7 nitrogen and oxygen atoms in total. The molecule has 1 heterocycles. The van der Waals surface area contributed by atoms with E-state index in [1.54, 1.807) is 0 Å². The van der Waals surface area contributed by atoms with Crippen LogP contribution in [0, 0.1) is 10.1 Å². The fraction of sp³-hybridized carbons (Fsp3) is 0.294. The smallest absolute Gasteiger partial charge is 0.349 e. The highest BCUT2D eigenvalue weighted by molar-refractivity contribution is 7.17. The average molecular weight is 362 g/mol. The fourth-order valence-corrected chi connectivity index (χ4v) is 2.87. The average Bonchev–Trinajstić information content (AvgIpc) is 3.09. The second-order valence-electron chi connectivity index (χ2n) is 5.46. The molecular weight excluding hydrogens is 344 g/mol. The summed E-state index contributed by atoms with van der Waals surface area (Å²) in [6.07, 6.45) is 1.60. The minimum absolute atomic E-state index is 0.0609. The zero-order valence-corrected chi connectivity index (χ0v) is 14.5. The second kappa shape index (κ2) is 8.93. The van der Waals surface area contributed by atoms with Crippen LogP contribution in [-0.4, -0.2) is 29.4 Å². The first-order valence-corrected chi connectivity index (χ1v) is 8.52. The number of aryl methyl sites for hydroxylation is 1. The number of benzene rings is 1. The van der Waals surface area contributed by atoms with Gasteiger partial charge in [-0.2, -0.15) is 0 Å². The number of carbonyl (C=O) groups excluding carboxylic acids is 2. The molecule has 8 heteroatoms. The Hall–Kier alpha value is -2.74. The first kappa shape index (κ1) is 18.6. The van der Waals surface area contributed by atoms with Crippen LogP contribution in [0.15, 0.2) is 42.5 Å². The molecule has 0 unspecified atom stereocenters. The van der Waals surface area contributed by atoms with Crippen molar-refractivity contribution in [3.05, 3.63) is 63.0 Å². The third kappa shape index (κ3) is 6.00. The first-order valence-electron chi connectivity index (χ1n) is 7.70. The van der Waals surface area contributed by atoms with Gasteiger partial charge in [0.05, 0.1) is 4.92 Å². The lowest BCUT2D eigenvalue weighted by atomic mass is 10.1. The van der Waals surface area contributed by atoms with Gasteiger partial charge in [-0.3, -0.25) is 14.9 Å². The van der Waals surface area contributed by atoms with E-state index >= 15 is 0 Å². The number of rotatable bonds is 8. The molecular formula is C17H18N2O5S. The van der Waals surface area contributed by atoms with Crippen molar-refractivity contribution in [1.29, 1.82) is 0 Å². The van der Waals surface area contributed by atoms with Gasteiger partial charge in [-0.05, 0) is 31.4 Å². The molecule has 0 aliphatic heterocycles. The van der Waals surface area contributed by atoms with Gasteiger partial charge >= 0.3 is 11.0 Å². The summed E-state index contributed by atoms with van der Waals surface area (Å²) in [5.41, 5.74) is 1.19. The lowest BCUT2D eigenvalue weighted by Gasteiger charge is -2.13. The quantitative estimate of drug-likeness (QED) is 0.442. The van der Waals surface area contributed by atoms with E-state index in [0.29, 0.717) is 11.3 Å². The predicted octanol–water partition coefficient (Wildman–Crippen LogP) is 2.95. The topological polar surface area (TPSA) is 98.5 Å². The number of esters is 1. The number of amides is 1. The van der Waals surface area contributed by atoms with E-state index in [1.165, 1.54) is 17.7 Å². The zero-order chi connectivity index (χ0) is 18.2. The third-order valence-corrected chi connectivity index (χ3v) is 4.44. The van der Waals surface area contributed by atoms with Crippen LogP contribution in [0.1, 0.15) is 28.6 Å². The number of hydrogen-bond donors (Lipinski definition) is 1. The Kier molecular flexibility index (Phi) is 6.64.